The van der Waals surface area contributed by atoms with E-state index in [9.17, 15) is 13.2 Å². The van der Waals surface area contributed by atoms with E-state index in [0.717, 1.165) is 0 Å². The molecular weight excluding hydrogens is 346 g/mol. The summed E-state index contributed by atoms with van der Waals surface area (Å²) in [6.45, 7) is 0.227. The van der Waals surface area contributed by atoms with Gasteiger partial charge in [-0.05, 0) is 30.3 Å². The highest BCUT2D eigenvalue weighted by molar-refractivity contribution is 7.89. The van der Waals surface area contributed by atoms with Crippen LogP contribution in [0.3, 0.4) is 0 Å². The van der Waals surface area contributed by atoms with Gasteiger partial charge in [0.15, 0.2) is 11.5 Å². The standard InChI is InChI=1S/C16H17N3O5S/c20-16(12-4-5-14-15(9-12)24-11-23-14)18-7-8-25(21,22)19-10-13-3-1-2-6-17-13/h1-6,9,19H,7-8,10-11H2,(H,18,20). The smallest absolute Gasteiger partial charge is 0.251 e. The van der Waals surface area contributed by atoms with Gasteiger partial charge in [-0.25, -0.2) is 13.1 Å². The minimum atomic E-state index is -3.52. The van der Waals surface area contributed by atoms with E-state index >= 15 is 0 Å². The second-order valence-electron chi connectivity index (χ2n) is 5.29. The van der Waals surface area contributed by atoms with Gasteiger partial charge in [0, 0.05) is 18.3 Å². The Kier molecular flexibility index (Phi) is 5.15. The number of fused-ring (bicyclic) bond motifs is 1. The number of aromatic nitrogens is 1. The fraction of sp³-hybridized carbons (Fsp3) is 0.250. The molecule has 132 valence electrons. The number of nitrogens with one attached hydrogen (secondary N) is 2. The molecule has 0 fully saturated rings. The van der Waals surface area contributed by atoms with E-state index in [1.165, 1.54) is 0 Å². The van der Waals surface area contributed by atoms with E-state index in [1.807, 2.05) is 0 Å². The lowest BCUT2D eigenvalue weighted by Gasteiger charge is -2.08. The number of hydrogen-bond donors (Lipinski definition) is 2. The van der Waals surface area contributed by atoms with Crippen LogP contribution in [0.5, 0.6) is 11.5 Å². The molecule has 1 aromatic carbocycles. The average Bonchev–Trinajstić information content (AvgIpc) is 3.08. The van der Waals surface area contributed by atoms with E-state index in [4.69, 9.17) is 9.47 Å². The molecular formula is C16H17N3O5S. The van der Waals surface area contributed by atoms with E-state index in [-0.39, 0.29) is 31.5 Å². The second-order valence-corrected chi connectivity index (χ2v) is 7.21. The Morgan fingerprint density at radius 2 is 2.00 bits per heavy atom. The second kappa shape index (κ2) is 7.49. The average molecular weight is 363 g/mol. The highest BCUT2D eigenvalue weighted by Crippen LogP contribution is 2.32. The molecule has 0 unspecified atom stereocenters. The van der Waals surface area contributed by atoms with Crippen LogP contribution in [0.15, 0.2) is 42.6 Å². The van der Waals surface area contributed by atoms with Gasteiger partial charge in [-0.1, -0.05) is 6.07 Å². The van der Waals surface area contributed by atoms with E-state index in [2.05, 4.69) is 15.0 Å². The van der Waals surface area contributed by atoms with Crippen molar-refractivity contribution in [2.75, 3.05) is 19.1 Å². The molecule has 0 aliphatic carbocycles. The number of ether oxygens (including phenoxy) is 2. The predicted molar refractivity (Wildman–Crippen MR) is 89.8 cm³/mol. The van der Waals surface area contributed by atoms with Crippen molar-refractivity contribution in [1.29, 1.82) is 0 Å². The number of rotatable bonds is 7. The summed E-state index contributed by atoms with van der Waals surface area (Å²) in [5.74, 6) is 0.476. The normalized spacial score (nSPS) is 12.8. The highest BCUT2D eigenvalue weighted by Gasteiger charge is 2.17. The molecule has 1 aromatic heterocycles. The van der Waals surface area contributed by atoms with Crippen LogP contribution in [0.4, 0.5) is 0 Å². The maximum Gasteiger partial charge on any atom is 0.251 e. The number of carbonyl (C=O) groups is 1. The Morgan fingerprint density at radius 3 is 2.80 bits per heavy atom. The molecule has 0 saturated heterocycles. The van der Waals surface area contributed by atoms with Gasteiger partial charge in [0.2, 0.25) is 16.8 Å². The first-order chi connectivity index (χ1) is 12.0. The maximum absolute atomic E-state index is 12.1. The van der Waals surface area contributed by atoms with Gasteiger partial charge in [-0.2, -0.15) is 0 Å². The molecule has 0 bridgehead atoms. The molecule has 2 heterocycles. The number of pyridine rings is 1. The maximum atomic E-state index is 12.1. The molecule has 9 heteroatoms. The summed E-state index contributed by atoms with van der Waals surface area (Å²) >= 11 is 0. The minimum absolute atomic E-state index is 0.00910. The van der Waals surface area contributed by atoms with Crippen LogP contribution >= 0.6 is 0 Å². The number of sulfonamides is 1. The van der Waals surface area contributed by atoms with Crippen molar-refractivity contribution in [3.05, 3.63) is 53.9 Å². The van der Waals surface area contributed by atoms with Crippen molar-refractivity contribution in [3.63, 3.8) is 0 Å². The van der Waals surface area contributed by atoms with Gasteiger partial charge >= 0.3 is 0 Å². The molecule has 0 spiro atoms. The number of carbonyl (C=O) groups excluding carboxylic acids is 1. The summed E-state index contributed by atoms with van der Waals surface area (Å²) in [6, 6.07) is 10.1. The van der Waals surface area contributed by atoms with E-state index in [1.54, 1.807) is 42.6 Å². The van der Waals surface area contributed by atoms with E-state index in [0.29, 0.717) is 22.8 Å². The number of hydrogen-bond acceptors (Lipinski definition) is 6. The summed E-state index contributed by atoms with van der Waals surface area (Å²) in [5, 5.41) is 2.57. The summed E-state index contributed by atoms with van der Waals surface area (Å²) in [7, 11) is -3.52. The monoisotopic (exact) mass is 363 g/mol. The number of benzene rings is 1. The van der Waals surface area contributed by atoms with Gasteiger partial charge in [0.05, 0.1) is 18.0 Å². The molecule has 2 aromatic rings. The molecule has 0 saturated carbocycles. The van der Waals surface area contributed by atoms with Crippen LogP contribution in [-0.2, 0) is 16.6 Å². The lowest BCUT2D eigenvalue weighted by atomic mass is 10.2. The molecule has 0 atom stereocenters. The Hall–Kier alpha value is -2.65. The molecule has 2 N–H and O–H groups in total. The zero-order valence-electron chi connectivity index (χ0n) is 13.3. The fourth-order valence-electron chi connectivity index (χ4n) is 2.20. The van der Waals surface area contributed by atoms with Gasteiger partial charge in [-0.3, -0.25) is 9.78 Å². The zero-order chi connectivity index (χ0) is 17.7. The summed E-state index contributed by atoms with van der Waals surface area (Å²) in [6.07, 6.45) is 1.59. The molecule has 3 rings (SSSR count). The SMILES string of the molecule is O=C(NCCS(=O)(=O)NCc1ccccn1)c1ccc2c(c1)OCO2. The van der Waals surface area contributed by atoms with Crippen LogP contribution in [0.2, 0.25) is 0 Å². The quantitative estimate of drug-likeness (QED) is 0.748. The molecule has 8 nitrogen and oxygen atoms in total. The van der Waals surface area contributed by atoms with Crippen molar-refractivity contribution in [1.82, 2.24) is 15.0 Å². The Labute approximate surface area is 145 Å². The Morgan fingerprint density at radius 1 is 1.16 bits per heavy atom. The topological polar surface area (TPSA) is 107 Å². The molecule has 25 heavy (non-hydrogen) atoms. The van der Waals surface area contributed by atoms with Crippen molar-refractivity contribution in [2.24, 2.45) is 0 Å². The highest BCUT2D eigenvalue weighted by atomic mass is 32.2. The predicted octanol–water partition coefficient (Wildman–Crippen LogP) is 0.660. The van der Waals surface area contributed by atoms with Crippen LogP contribution in [0.1, 0.15) is 16.1 Å². The Balaban J connectivity index is 1.47. The van der Waals surface area contributed by atoms with Crippen LogP contribution in [0.25, 0.3) is 0 Å². The minimum Gasteiger partial charge on any atom is -0.454 e. The summed E-state index contributed by atoms with van der Waals surface area (Å²) in [5.41, 5.74) is 0.999. The largest absolute Gasteiger partial charge is 0.454 e. The molecule has 1 aliphatic rings. The summed E-state index contributed by atoms with van der Waals surface area (Å²) < 4.78 is 36.7. The third-order valence-corrected chi connectivity index (χ3v) is 4.82. The third kappa shape index (κ3) is 4.68. The van der Waals surface area contributed by atoms with Crippen molar-refractivity contribution in [2.45, 2.75) is 6.54 Å². The van der Waals surface area contributed by atoms with Crippen LogP contribution < -0.4 is 19.5 Å². The Bertz CT molecular complexity index is 855. The fourth-order valence-corrected chi connectivity index (χ4v) is 3.08. The number of amides is 1. The molecule has 1 aliphatic heterocycles. The third-order valence-electron chi connectivity index (χ3n) is 3.49. The van der Waals surface area contributed by atoms with Crippen LogP contribution in [-0.4, -0.2) is 38.4 Å². The van der Waals surface area contributed by atoms with Crippen LogP contribution in [0, 0.1) is 0 Å². The number of nitrogens with zero attached hydrogens (tertiary/aromatic N) is 1. The molecule has 0 radical (unpaired) electrons. The summed E-state index contributed by atoms with van der Waals surface area (Å²) in [4.78, 5) is 16.1. The lowest BCUT2D eigenvalue weighted by Crippen LogP contribution is -2.34. The van der Waals surface area contributed by atoms with Crippen molar-refractivity contribution in [3.8, 4) is 11.5 Å². The van der Waals surface area contributed by atoms with Gasteiger partial charge in [0.1, 0.15) is 0 Å². The molecule has 1 amide bonds. The first-order valence-corrected chi connectivity index (χ1v) is 9.24. The van der Waals surface area contributed by atoms with Gasteiger partial charge < -0.3 is 14.8 Å². The van der Waals surface area contributed by atoms with Crippen molar-refractivity contribution >= 4 is 15.9 Å². The lowest BCUT2D eigenvalue weighted by molar-refractivity contribution is 0.0955. The van der Waals surface area contributed by atoms with Crippen molar-refractivity contribution < 1.29 is 22.7 Å². The van der Waals surface area contributed by atoms with Gasteiger partial charge in [0.25, 0.3) is 5.91 Å². The first kappa shape index (κ1) is 17.2. The zero-order valence-corrected chi connectivity index (χ0v) is 14.1. The van der Waals surface area contributed by atoms with Gasteiger partial charge in [-0.15, -0.1) is 0 Å². The first-order valence-electron chi connectivity index (χ1n) is 7.59. The van der Waals surface area contributed by atoms with E-state index < -0.39 is 10.0 Å².